The molecule has 10 heteroatoms. The Morgan fingerprint density at radius 1 is 0.973 bits per heavy atom. The number of sulfonamides is 1. The molecule has 196 valence electrons. The lowest BCUT2D eigenvalue weighted by Crippen LogP contribution is -2.34. The van der Waals surface area contributed by atoms with Crippen LogP contribution >= 0.6 is 11.3 Å². The molecular weight excluding hydrogens is 506 g/mol. The van der Waals surface area contributed by atoms with Crippen molar-refractivity contribution in [3.05, 3.63) is 71.5 Å². The van der Waals surface area contributed by atoms with E-state index in [2.05, 4.69) is 5.10 Å². The lowest BCUT2D eigenvalue weighted by atomic mass is 10.2. The zero-order chi connectivity index (χ0) is 26.6. The highest BCUT2D eigenvalue weighted by Crippen LogP contribution is 2.30. The zero-order valence-electron chi connectivity index (χ0n) is 21.7. The third-order valence-electron chi connectivity index (χ3n) is 6.08. The van der Waals surface area contributed by atoms with E-state index in [1.807, 2.05) is 62.7 Å². The number of hydrogen-bond donors (Lipinski definition) is 0. The van der Waals surface area contributed by atoms with Crippen molar-refractivity contribution in [2.75, 3.05) is 24.5 Å². The Kier molecular flexibility index (Phi) is 8.41. The van der Waals surface area contributed by atoms with E-state index < -0.39 is 10.0 Å². The summed E-state index contributed by atoms with van der Waals surface area (Å²) in [6, 6.07) is 16.0. The third-order valence-corrected chi connectivity index (χ3v) is 9.05. The van der Waals surface area contributed by atoms with Crippen LogP contribution in [0.25, 0.3) is 10.2 Å². The van der Waals surface area contributed by atoms with Crippen molar-refractivity contribution >= 4 is 42.6 Å². The minimum absolute atomic E-state index is 0.195. The molecule has 0 aliphatic rings. The number of fused-ring (bicyclic) bond motifs is 1. The Labute approximate surface area is 222 Å². The molecule has 0 saturated heterocycles. The number of nitrogens with zero attached hydrogens (tertiary/aromatic N) is 5. The third kappa shape index (κ3) is 5.92. The molecule has 2 heterocycles. The highest BCUT2D eigenvalue weighted by atomic mass is 32.2. The topological polar surface area (TPSA) is 88.4 Å². The molecule has 2 aromatic heterocycles. The van der Waals surface area contributed by atoms with Crippen LogP contribution in [0.15, 0.2) is 59.5 Å². The van der Waals surface area contributed by atoms with Crippen molar-refractivity contribution in [3.63, 3.8) is 0 Å². The summed E-state index contributed by atoms with van der Waals surface area (Å²) in [5.74, 6) is -0.233. The van der Waals surface area contributed by atoms with Crippen LogP contribution in [0.4, 0.5) is 5.13 Å². The standard InChI is InChI=1S/C27H33N5O3S2/c1-5-15-30(16-6-2)37(34,35)23-13-11-22(12-14-23)26(33)31(17-18-32-21(4)19-20(3)29-32)27-28-24-9-7-8-10-25(24)36-27/h7-14,19H,5-6,15-18H2,1-4H3. The van der Waals surface area contributed by atoms with Crippen LogP contribution in [0.5, 0.6) is 0 Å². The number of thiazole rings is 1. The highest BCUT2D eigenvalue weighted by Gasteiger charge is 2.25. The van der Waals surface area contributed by atoms with Crippen molar-refractivity contribution in [3.8, 4) is 0 Å². The Morgan fingerprint density at radius 3 is 2.24 bits per heavy atom. The smallest absolute Gasteiger partial charge is 0.260 e. The van der Waals surface area contributed by atoms with Crippen LogP contribution in [0, 0.1) is 13.8 Å². The molecule has 0 aliphatic heterocycles. The molecule has 2 aromatic carbocycles. The molecule has 0 atom stereocenters. The van der Waals surface area contributed by atoms with Crippen molar-refractivity contribution in [1.82, 2.24) is 19.1 Å². The summed E-state index contributed by atoms with van der Waals surface area (Å²) in [7, 11) is -3.62. The first-order valence-corrected chi connectivity index (χ1v) is 14.8. The first-order valence-electron chi connectivity index (χ1n) is 12.5. The Morgan fingerprint density at radius 2 is 1.65 bits per heavy atom. The number of benzene rings is 2. The van der Waals surface area contributed by atoms with E-state index in [0.717, 1.165) is 34.4 Å². The fourth-order valence-corrected chi connectivity index (χ4v) is 6.89. The lowest BCUT2D eigenvalue weighted by molar-refractivity contribution is 0.0985. The van der Waals surface area contributed by atoms with E-state index in [0.29, 0.717) is 36.9 Å². The van der Waals surface area contributed by atoms with E-state index >= 15 is 0 Å². The van der Waals surface area contributed by atoms with E-state index in [4.69, 9.17) is 4.98 Å². The number of aromatic nitrogens is 3. The van der Waals surface area contributed by atoms with Gasteiger partial charge in [0.15, 0.2) is 5.13 Å². The first kappa shape index (κ1) is 27.0. The Hall–Kier alpha value is -3.08. The summed E-state index contributed by atoms with van der Waals surface area (Å²) in [5, 5.41) is 5.12. The van der Waals surface area contributed by atoms with Crippen LogP contribution in [0.2, 0.25) is 0 Å². The van der Waals surface area contributed by atoms with Gasteiger partial charge in [-0.25, -0.2) is 13.4 Å². The molecule has 4 aromatic rings. The zero-order valence-corrected chi connectivity index (χ0v) is 23.3. The van der Waals surface area contributed by atoms with Gasteiger partial charge in [-0.3, -0.25) is 14.4 Å². The average molecular weight is 540 g/mol. The second-order valence-corrected chi connectivity index (χ2v) is 11.9. The molecule has 0 spiro atoms. The number of hydrogen-bond acceptors (Lipinski definition) is 6. The SMILES string of the molecule is CCCN(CCC)S(=O)(=O)c1ccc(C(=O)N(CCn2nc(C)cc2C)c2nc3ccccc3s2)cc1. The normalized spacial score (nSPS) is 11.9. The van der Waals surface area contributed by atoms with E-state index in [1.54, 1.807) is 17.0 Å². The molecule has 0 fully saturated rings. The van der Waals surface area contributed by atoms with Crippen molar-refractivity contribution < 1.29 is 13.2 Å². The van der Waals surface area contributed by atoms with Gasteiger partial charge >= 0.3 is 0 Å². The number of aryl methyl sites for hydroxylation is 2. The summed E-state index contributed by atoms with van der Waals surface area (Å²) in [4.78, 5) is 20.3. The minimum atomic E-state index is -3.62. The maximum absolute atomic E-state index is 13.7. The Bertz CT molecular complexity index is 1440. The fraction of sp³-hybridized carbons (Fsp3) is 0.370. The Balaban J connectivity index is 1.63. The molecule has 0 unspecified atom stereocenters. The molecule has 8 nitrogen and oxygen atoms in total. The van der Waals surface area contributed by atoms with Gasteiger partial charge in [0.2, 0.25) is 10.0 Å². The molecular formula is C27H33N5O3S2. The molecule has 37 heavy (non-hydrogen) atoms. The quantitative estimate of drug-likeness (QED) is 0.259. The first-order chi connectivity index (χ1) is 17.7. The second-order valence-electron chi connectivity index (χ2n) is 9.00. The molecule has 0 radical (unpaired) electrons. The van der Waals surface area contributed by atoms with Gasteiger partial charge in [-0.2, -0.15) is 9.40 Å². The predicted molar refractivity (Wildman–Crippen MR) is 149 cm³/mol. The summed E-state index contributed by atoms with van der Waals surface area (Å²) >= 11 is 1.46. The van der Waals surface area contributed by atoms with Crippen molar-refractivity contribution in [1.29, 1.82) is 0 Å². The number of carbonyl (C=O) groups excluding carboxylic acids is 1. The molecule has 0 aliphatic carbocycles. The van der Waals surface area contributed by atoms with Gasteiger partial charge < -0.3 is 0 Å². The van der Waals surface area contributed by atoms with Crippen molar-refractivity contribution in [2.45, 2.75) is 52.0 Å². The van der Waals surface area contributed by atoms with Crippen LogP contribution in [0.3, 0.4) is 0 Å². The van der Waals surface area contributed by atoms with Gasteiger partial charge in [0.25, 0.3) is 5.91 Å². The summed E-state index contributed by atoms with van der Waals surface area (Å²) in [6.45, 7) is 9.67. The summed E-state index contributed by atoms with van der Waals surface area (Å²) in [6.07, 6.45) is 1.48. The molecule has 0 saturated carbocycles. The summed E-state index contributed by atoms with van der Waals surface area (Å²) < 4.78 is 30.7. The predicted octanol–water partition coefficient (Wildman–Crippen LogP) is 5.27. The van der Waals surface area contributed by atoms with E-state index in [-0.39, 0.29) is 10.8 Å². The maximum Gasteiger partial charge on any atom is 0.260 e. The van der Waals surface area contributed by atoms with Crippen LogP contribution < -0.4 is 4.90 Å². The van der Waals surface area contributed by atoms with Gasteiger partial charge in [0.1, 0.15) is 0 Å². The maximum atomic E-state index is 13.7. The lowest BCUT2D eigenvalue weighted by Gasteiger charge is -2.22. The van der Waals surface area contributed by atoms with Crippen LogP contribution in [0.1, 0.15) is 48.4 Å². The van der Waals surface area contributed by atoms with Gasteiger partial charge in [-0.15, -0.1) is 0 Å². The molecule has 4 rings (SSSR count). The average Bonchev–Trinajstić information content (AvgIpc) is 3.45. The molecule has 1 amide bonds. The number of anilines is 1. The molecule has 0 bridgehead atoms. The van der Waals surface area contributed by atoms with Gasteiger partial charge in [0, 0.05) is 30.9 Å². The van der Waals surface area contributed by atoms with Gasteiger partial charge in [-0.05, 0) is 69.2 Å². The number of carbonyl (C=O) groups is 1. The number of amides is 1. The van der Waals surface area contributed by atoms with Gasteiger partial charge in [-0.1, -0.05) is 37.3 Å². The molecule has 0 N–H and O–H groups in total. The second kappa shape index (κ2) is 11.5. The van der Waals surface area contributed by atoms with E-state index in [1.165, 1.54) is 27.8 Å². The van der Waals surface area contributed by atoms with Crippen LogP contribution in [-0.2, 0) is 16.6 Å². The number of para-hydroxylation sites is 1. The van der Waals surface area contributed by atoms with E-state index in [9.17, 15) is 13.2 Å². The largest absolute Gasteiger partial charge is 0.282 e. The number of rotatable bonds is 11. The highest BCUT2D eigenvalue weighted by molar-refractivity contribution is 7.89. The van der Waals surface area contributed by atoms with Crippen LogP contribution in [-0.4, -0.2) is 53.0 Å². The fourth-order valence-electron chi connectivity index (χ4n) is 4.28. The minimum Gasteiger partial charge on any atom is -0.282 e. The summed E-state index contributed by atoms with van der Waals surface area (Å²) in [5.41, 5.74) is 3.18. The van der Waals surface area contributed by atoms with Crippen molar-refractivity contribution in [2.24, 2.45) is 0 Å². The monoisotopic (exact) mass is 539 g/mol. The van der Waals surface area contributed by atoms with Gasteiger partial charge in [0.05, 0.1) is 27.4 Å².